The second-order valence-corrected chi connectivity index (χ2v) is 31.1. The van der Waals surface area contributed by atoms with E-state index in [1.807, 2.05) is 0 Å². The molecule has 0 fully saturated rings. The Morgan fingerprint density at radius 2 is 0.387 bits per heavy atom. The molecule has 0 aromatic heterocycles. The van der Waals surface area contributed by atoms with Gasteiger partial charge in [-0.1, -0.05) is 446 Å². The average Bonchev–Trinajstić information content (AvgIpc) is 1.17. The molecule has 0 radical (unpaired) electrons. The predicted molar refractivity (Wildman–Crippen MR) is 433 cm³/mol. The molecule has 0 aliphatic heterocycles. The first-order valence-electron chi connectivity index (χ1n) is 41.5. The Hall–Kier alpha value is -0.717. The molecular weight excluding hydrogens is 1250 g/mol. The largest absolute Gasteiger partial charge is 2.00 e. The molecule has 2 aromatic rings. The van der Waals surface area contributed by atoms with Crippen molar-refractivity contribution in [2.75, 3.05) is 10.6 Å². The summed E-state index contributed by atoms with van der Waals surface area (Å²) in [6.45, 7) is 9.21. The summed E-state index contributed by atoms with van der Waals surface area (Å²) in [6.07, 6.45) is 95.5. The molecule has 0 amide bonds. The van der Waals surface area contributed by atoms with Gasteiger partial charge in [-0.05, 0) is 85.8 Å². The van der Waals surface area contributed by atoms with Gasteiger partial charge in [-0.2, -0.15) is 0 Å². The van der Waals surface area contributed by atoms with E-state index in [4.69, 9.17) is 49.7 Å². The molecule has 536 valence electrons. The topological polar surface area (TPSA) is 24.1 Å². The van der Waals surface area contributed by atoms with Crippen LogP contribution in [0.15, 0.2) is 36.4 Å². The monoisotopic (exact) mass is 1410 g/mol. The van der Waals surface area contributed by atoms with Crippen LogP contribution < -0.4 is 10.6 Å². The van der Waals surface area contributed by atoms with Gasteiger partial charge in [-0.25, -0.2) is 0 Å². The number of unbranched alkanes of at least 4 members (excludes halogenated alkanes) is 60. The van der Waals surface area contributed by atoms with Crippen LogP contribution in [0.1, 0.15) is 461 Å². The van der Waals surface area contributed by atoms with Gasteiger partial charge in [-0.3, -0.25) is 0 Å². The Balaban J connectivity index is 0.00000180. The third-order valence-corrected chi connectivity index (χ3v) is 20.6. The number of hydrogen-bond acceptors (Lipinski definition) is 4. The van der Waals surface area contributed by atoms with E-state index in [1.165, 1.54) is 446 Å². The van der Waals surface area contributed by atoms with Gasteiger partial charge in [0, 0.05) is 11.4 Å². The molecule has 0 heterocycles. The molecule has 0 aliphatic carbocycles. The average molecular weight is 1410 g/mol. The summed E-state index contributed by atoms with van der Waals surface area (Å²) in [4.78, 5) is 0. The first-order chi connectivity index (χ1) is 45.4. The molecule has 7 heteroatoms. The van der Waals surface area contributed by atoms with Gasteiger partial charge in [0.1, 0.15) is 0 Å². The zero-order valence-corrected chi connectivity index (χ0v) is 69.1. The summed E-state index contributed by atoms with van der Waals surface area (Å²) in [5.74, 6) is 0. The van der Waals surface area contributed by atoms with Crippen molar-refractivity contribution >= 4 is 69.7 Å². The maximum Gasteiger partial charge on any atom is 2.00 e. The Morgan fingerprint density at radius 1 is 0.237 bits per heavy atom. The maximum absolute atomic E-state index is 5.25. The molecule has 0 unspecified atom stereocenters. The van der Waals surface area contributed by atoms with Crippen LogP contribution in [0.3, 0.4) is 0 Å². The fourth-order valence-corrected chi connectivity index (χ4v) is 14.6. The minimum atomic E-state index is 0. The summed E-state index contributed by atoms with van der Waals surface area (Å²) >= 11 is 21.0. The van der Waals surface area contributed by atoms with Crippen molar-refractivity contribution in [3.05, 3.63) is 58.7 Å². The Bertz CT molecular complexity index is 1720. The number of nitrogens with one attached hydrogen (secondary N) is 2. The predicted octanol–water partition coefficient (Wildman–Crippen LogP) is 31.1. The van der Waals surface area contributed by atoms with E-state index in [2.05, 4.69) is 74.7 Å². The van der Waals surface area contributed by atoms with Crippen LogP contribution in [0.5, 0.6) is 0 Å². The second kappa shape index (κ2) is 75.5. The van der Waals surface area contributed by atoms with E-state index in [-0.39, 0.29) is 19.5 Å². The van der Waals surface area contributed by atoms with Crippen LogP contribution in [0.4, 0.5) is 11.4 Å². The van der Waals surface area contributed by atoms with Crippen molar-refractivity contribution in [1.29, 1.82) is 0 Å². The number of hydrogen-bond donors (Lipinski definition) is 2. The summed E-state index contributed by atoms with van der Waals surface area (Å²) < 4.78 is 0.931. The Kier molecular flexibility index (Phi) is 74.9. The van der Waals surface area contributed by atoms with Crippen molar-refractivity contribution < 1.29 is 19.5 Å². The molecule has 0 spiro atoms. The standard InChI is InChI=1S/2C43H79NS2.Zn/c2*1-3-5-7-9-11-13-15-17-19-21-23-25-27-29-31-33-36-40-37-35-39-42(44-43(45)46)41(40)38-34-32-30-28-26-24-22-20-18-16-14-12-10-8-6-4-2;/h2*35,37,39H,3-34,36,38H2,1-2H3,(H2,44,45,46);/q;;+2/p-2. The zero-order valence-electron chi connectivity index (χ0n) is 62.9. The summed E-state index contributed by atoms with van der Waals surface area (Å²) in [7, 11) is 0. The fourth-order valence-electron chi connectivity index (χ4n) is 14.2. The van der Waals surface area contributed by atoms with Crippen LogP contribution in [-0.2, 0) is 70.4 Å². The van der Waals surface area contributed by atoms with Gasteiger partial charge >= 0.3 is 19.5 Å². The minimum absolute atomic E-state index is 0. The maximum atomic E-state index is 5.25. The number of benzene rings is 2. The van der Waals surface area contributed by atoms with Crippen molar-refractivity contribution in [1.82, 2.24) is 0 Å². The van der Waals surface area contributed by atoms with Gasteiger partial charge in [0.05, 0.1) is 0 Å². The van der Waals surface area contributed by atoms with Crippen molar-refractivity contribution in [2.24, 2.45) is 0 Å². The first kappa shape index (κ1) is 92.3. The van der Waals surface area contributed by atoms with E-state index in [0.717, 1.165) is 24.2 Å². The van der Waals surface area contributed by atoms with Crippen molar-refractivity contribution in [3.63, 3.8) is 0 Å². The Labute approximate surface area is 618 Å². The summed E-state index contributed by atoms with van der Waals surface area (Å²) in [6, 6.07) is 13.4. The summed E-state index contributed by atoms with van der Waals surface area (Å²) in [5, 5.41) is 6.64. The fraction of sp³-hybridized carbons (Fsp3) is 0.837. The van der Waals surface area contributed by atoms with Gasteiger partial charge in [0.15, 0.2) is 0 Å². The van der Waals surface area contributed by atoms with Crippen LogP contribution in [-0.4, -0.2) is 8.64 Å². The first-order valence-corrected chi connectivity index (χ1v) is 43.2. The van der Waals surface area contributed by atoms with Gasteiger partial charge < -0.3 is 60.3 Å². The zero-order chi connectivity index (χ0) is 66.4. The van der Waals surface area contributed by atoms with Gasteiger partial charge in [0.25, 0.3) is 0 Å². The normalized spacial score (nSPS) is 11.2. The van der Waals surface area contributed by atoms with Crippen molar-refractivity contribution in [2.45, 2.75) is 464 Å². The minimum Gasteiger partial charge on any atom is -0.411 e. The van der Waals surface area contributed by atoms with Crippen LogP contribution in [0.2, 0.25) is 0 Å². The molecule has 2 N–H and O–H groups in total. The smallest absolute Gasteiger partial charge is 0.411 e. The molecule has 0 saturated carbocycles. The van der Waals surface area contributed by atoms with Gasteiger partial charge in [0.2, 0.25) is 0 Å². The molecule has 0 saturated heterocycles. The van der Waals surface area contributed by atoms with Crippen LogP contribution in [0, 0.1) is 0 Å². The van der Waals surface area contributed by atoms with E-state index in [9.17, 15) is 0 Å². The molecule has 0 atom stereocenters. The van der Waals surface area contributed by atoms with E-state index >= 15 is 0 Å². The molecular formula is C86H156N2S4Zn. The number of thiocarbonyl (C=S) groups is 2. The molecule has 0 bridgehead atoms. The number of rotatable bonds is 70. The molecule has 2 aromatic carbocycles. The van der Waals surface area contributed by atoms with Gasteiger partial charge in [-0.15, -0.1) is 0 Å². The third-order valence-electron chi connectivity index (χ3n) is 20.2. The quantitative estimate of drug-likeness (QED) is 0.0296. The van der Waals surface area contributed by atoms with E-state index < -0.39 is 0 Å². The van der Waals surface area contributed by atoms with Crippen LogP contribution in [0.25, 0.3) is 0 Å². The third kappa shape index (κ3) is 63.2. The van der Waals surface area contributed by atoms with Crippen molar-refractivity contribution in [3.8, 4) is 0 Å². The second-order valence-electron chi connectivity index (χ2n) is 28.9. The van der Waals surface area contributed by atoms with Crippen LogP contribution >= 0.6 is 24.4 Å². The SMILES string of the molecule is CCCCCCCCCCCCCCCCCCc1cccc(NC(=S)[S-])c1CCCCCCCCCCCCCCCCCC.CCCCCCCCCCCCCCCCCCc1cccc(NC(=S)[S-])c1CCCCCCCCCCCCCCCCCC.[Zn+2]. The summed E-state index contributed by atoms with van der Waals surface area (Å²) in [5.41, 5.74) is 8.30. The molecule has 0 aliphatic rings. The molecule has 2 nitrogen and oxygen atoms in total. The molecule has 2 rings (SSSR count). The molecule has 93 heavy (non-hydrogen) atoms. The van der Waals surface area contributed by atoms with E-state index in [0.29, 0.717) is 8.64 Å². The number of anilines is 2. The Morgan fingerprint density at radius 3 is 0.548 bits per heavy atom. The number of aryl methyl sites for hydroxylation is 2. The van der Waals surface area contributed by atoms with E-state index in [1.54, 1.807) is 0 Å².